The molecule has 28 heavy (non-hydrogen) atoms. The number of amides is 1. The van der Waals surface area contributed by atoms with E-state index < -0.39 is 0 Å². The van der Waals surface area contributed by atoms with Crippen LogP contribution in [0, 0.1) is 27.7 Å². The maximum atomic E-state index is 12.6. The van der Waals surface area contributed by atoms with Crippen molar-refractivity contribution in [3.05, 3.63) is 81.8 Å². The fourth-order valence-corrected chi connectivity index (χ4v) is 4.46. The zero-order valence-corrected chi connectivity index (χ0v) is 17.2. The molecule has 0 unspecified atom stereocenters. The van der Waals surface area contributed by atoms with E-state index in [1.54, 1.807) is 6.07 Å². The molecule has 4 rings (SSSR count). The maximum absolute atomic E-state index is 12.6. The summed E-state index contributed by atoms with van der Waals surface area (Å²) in [6.07, 6.45) is 0.672. The SMILES string of the molecule is Cc1cc(C)c(Cc2ccc(C(=O)Nc3nc4ccc(C)cc4s3)o2)c(C)c1. The molecule has 0 fully saturated rings. The highest BCUT2D eigenvalue weighted by Gasteiger charge is 2.15. The number of aromatic nitrogens is 1. The lowest BCUT2D eigenvalue weighted by atomic mass is 9.97. The van der Waals surface area contributed by atoms with Crippen molar-refractivity contribution in [1.82, 2.24) is 4.98 Å². The normalized spacial score (nSPS) is 11.1. The van der Waals surface area contributed by atoms with Gasteiger partial charge in [-0.3, -0.25) is 10.1 Å². The molecule has 0 aliphatic carbocycles. The van der Waals surface area contributed by atoms with Crippen LogP contribution in [0.15, 0.2) is 46.9 Å². The summed E-state index contributed by atoms with van der Waals surface area (Å²) in [4.78, 5) is 17.0. The molecule has 0 saturated carbocycles. The number of furan rings is 1. The number of carbonyl (C=O) groups is 1. The smallest absolute Gasteiger partial charge is 0.293 e. The number of nitrogens with one attached hydrogen (secondary N) is 1. The van der Waals surface area contributed by atoms with E-state index in [4.69, 9.17) is 4.42 Å². The largest absolute Gasteiger partial charge is 0.456 e. The summed E-state index contributed by atoms with van der Waals surface area (Å²) in [5.74, 6) is 0.798. The number of nitrogens with zero attached hydrogens (tertiary/aromatic N) is 1. The van der Waals surface area contributed by atoms with Gasteiger partial charge in [0.2, 0.25) is 0 Å². The second-order valence-corrected chi connectivity index (χ2v) is 8.29. The molecule has 1 N–H and O–H groups in total. The summed E-state index contributed by atoms with van der Waals surface area (Å²) in [7, 11) is 0. The van der Waals surface area contributed by atoms with Gasteiger partial charge in [-0.15, -0.1) is 0 Å². The zero-order chi connectivity index (χ0) is 19.8. The number of thiazole rings is 1. The summed E-state index contributed by atoms with van der Waals surface area (Å²) in [5.41, 5.74) is 7.04. The fourth-order valence-electron chi connectivity index (χ4n) is 3.50. The Morgan fingerprint density at radius 3 is 2.50 bits per heavy atom. The molecular formula is C23H22N2O2S. The van der Waals surface area contributed by atoms with E-state index >= 15 is 0 Å². The van der Waals surface area contributed by atoms with E-state index in [1.165, 1.54) is 39.2 Å². The zero-order valence-electron chi connectivity index (χ0n) is 16.4. The lowest BCUT2D eigenvalue weighted by Crippen LogP contribution is -2.10. The molecule has 2 aromatic carbocycles. The van der Waals surface area contributed by atoms with Gasteiger partial charge >= 0.3 is 0 Å². The molecule has 0 aliphatic heterocycles. The Labute approximate surface area is 168 Å². The van der Waals surface area contributed by atoms with Crippen molar-refractivity contribution < 1.29 is 9.21 Å². The quantitative estimate of drug-likeness (QED) is 0.467. The third kappa shape index (κ3) is 3.71. The highest BCUT2D eigenvalue weighted by Crippen LogP contribution is 2.27. The Bertz CT molecular complexity index is 1160. The number of fused-ring (bicyclic) bond motifs is 1. The summed E-state index contributed by atoms with van der Waals surface area (Å²) in [6.45, 7) is 8.36. The fraction of sp³-hybridized carbons (Fsp3) is 0.217. The topological polar surface area (TPSA) is 55.1 Å². The minimum atomic E-state index is -0.278. The summed E-state index contributed by atoms with van der Waals surface area (Å²) < 4.78 is 6.88. The van der Waals surface area contributed by atoms with Crippen molar-refractivity contribution in [3.63, 3.8) is 0 Å². The Hall–Kier alpha value is -2.92. The van der Waals surface area contributed by atoms with Crippen LogP contribution in [-0.2, 0) is 6.42 Å². The summed E-state index contributed by atoms with van der Waals surface area (Å²) in [5, 5.41) is 3.43. The predicted octanol–water partition coefficient (Wildman–Crippen LogP) is 5.97. The third-order valence-corrected chi connectivity index (χ3v) is 5.77. The van der Waals surface area contributed by atoms with Crippen LogP contribution in [-0.4, -0.2) is 10.9 Å². The first-order valence-electron chi connectivity index (χ1n) is 9.23. The molecule has 0 saturated heterocycles. The monoisotopic (exact) mass is 390 g/mol. The van der Waals surface area contributed by atoms with Crippen molar-refractivity contribution in [3.8, 4) is 0 Å². The van der Waals surface area contributed by atoms with Crippen LogP contribution < -0.4 is 5.32 Å². The molecule has 0 spiro atoms. The highest BCUT2D eigenvalue weighted by molar-refractivity contribution is 7.22. The minimum Gasteiger partial charge on any atom is -0.456 e. The van der Waals surface area contributed by atoms with Crippen LogP contribution in [0.2, 0.25) is 0 Å². The molecule has 0 bridgehead atoms. The Morgan fingerprint density at radius 2 is 1.75 bits per heavy atom. The lowest BCUT2D eigenvalue weighted by Gasteiger charge is -2.09. The van der Waals surface area contributed by atoms with Crippen molar-refractivity contribution >= 4 is 32.6 Å². The summed E-state index contributed by atoms with van der Waals surface area (Å²) >= 11 is 1.46. The van der Waals surface area contributed by atoms with Gasteiger partial charge < -0.3 is 4.42 Å². The van der Waals surface area contributed by atoms with Gasteiger partial charge in [0.15, 0.2) is 10.9 Å². The first-order chi connectivity index (χ1) is 13.4. The molecule has 0 aliphatic rings. The van der Waals surface area contributed by atoms with Crippen molar-refractivity contribution in [2.45, 2.75) is 34.1 Å². The van der Waals surface area contributed by atoms with Gasteiger partial charge in [0.25, 0.3) is 5.91 Å². The number of carbonyl (C=O) groups excluding carboxylic acids is 1. The van der Waals surface area contributed by atoms with Gasteiger partial charge in [-0.25, -0.2) is 4.98 Å². The molecular weight excluding hydrogens is 368 g/mol. The van der Waals surface area contributed by atoms with Crippen LogP contribution in [0.1, 0.15) is 44.1 Å². The Balaban J connectivity index is 1.51. The number of hydrogen-bond donors (Lipinski definition) is 1. The van der Waals surface area contributed by atoms with Gasteiger partial charge in [0, 0.05) is 6.42 Å². The van der Waals surface area contributed by atoms with E-state index in [9.17, 15) is 4.79 Å². The molecule has 4 nitrogen and oxygen atoms in total. The average Bonchev–Trinajstić information content (AvgIpc) is 3.24. The van der Waals surface area contributed by atoms with E-state index in [-0.39, 0.29) is 5.91 Å². The second-order valence-electron chi connectivity index (χ2n) is 7.26. The molecule has 2 heterocycles. The molecule has 0 radical (unpaired) electrons. The molecule has 5 heteroatoms. The van der Waals surface area contributed by atoms with Crippen molar-refractivity contribution in [2.24, 2.45) is 0 Å². The Kier molecular flexibility index (Phi) is 4.77. The number of rotatable bonds is 4. The molecule has 142 valence electrons. The molecule has 0 atom stereocenters. The molecule has 1 amide bonds. The van der Waals surface area contributed by atoms with E-state index in [0.29, 0.717) is 17.3 Å². The minimum absolute atomic E-state index is 0.278. The average molecular weight is 391 g/mol. The first kappa shape index (κ1) is 18.4. The molecule has 4 aromatic rings. The van der Waals surface area contributed by atoms with Gasteiger partial charge in [-0.2, -0.15) is 0 Å². The second kappa shape index (κ2) is 7.24. The number of anilines is 1. The van der Waals surface area contributed by atoms with Crippen molar-refractivity contribution in [1.29, 1.82) is 0 Å². The van der Waals surface area contributed by atoms with Crippen LogP contribution >= 0.6 is 11.3 Å². The van der Waals surface area contributed by atoms with Crippen molar-refractivity contribution in [2.75, 3.05) is 5.32 Å². The van der Waals surface area contributed by atoms with Crippen LogP contribution in [0.5, 0.6) is 0 Å². The van der Waals surface area contributed by atoms with Crippen LogP contribution in [0.25, 0.3) is 10.2 Å². The third-order valence-electron chi connectivity index (χ3n) is 4.84. The van der Waals surface area contributed by atoms with E-state index in [1.807, 2.05) is 25.1 Å². The Morgan fingerprint density at radius 1 is 1.00 bits per heavy atom. The van der Waals surface area contributed by atoms with Gasteiger partial charge in [0.1, 0.15) is 5.76 Å². The van der Waals surface area contributed by atoms with E-state index in [2.05, 4.69) is 49.3 Å². The predicted molar refractivity (Wildman–Crippen MR) is 114 cm³/mol. The molecule has 2 aromatic heterocycles. The summed E-state index contributed by atoms with van der Waals surface area (Å²) in [6, 6.07) is 14.0. The van der Waals surface area contributed by atoms with Crippen LogP contribution in [0.4, 0.5) is 5.13 Å². The standard InChI is InChI=1S/C23H22N2O2S/c1-13-5-7-19-21(11-13)28-23(24-19)25-22(26)20-8-6-17(27-20)12-18-15(3)9-14(2)10-16(18)4/h5-11H,12H2,1-4H3,(H,24,25,26). The first-order valence-corrected chi connectivity index (χ1v) is 10.0. The number of benzene rings is 2. The van der Waals surface area contributed by atoms with Gasteiger partial charge in [-0.1, -0.05) is 35.1 Å². The highest BCUT2D eigenvalue weighted by atomic mass is 32.1. The lowest BCUT2D eigenvalue weighted by molar-refractivity contribution is 0.0995. The van der Waals surface area contributed by atoms with Crippen LogP contribution in [0.3, 0.4) is 0 Å². The van der Waals surface area contributed by atoms with Gasteiger partial charge in [0.05, 0.1) is 10.2 Å². The number of aryl methyl sites for hydroxylation is 4. The number of hydrogen-bond acceptors (Lipinski definition) is 4. The van der Waals surface area contributed by atoms with Gasteiger partial charge in [-0.05, 0) is 74.2 Å². The maximum Gasteiger partial charge on any atom is 0.293 e. The van der Waals surface area contributed by atoms with E-state index in [0.717, 1.165) is 16.0 Å².